The maximum Gasteiger partial charge on any atom is 0.306 e. The minimum atomic E-state index is -3.74. The molecule has 0 heterocycles. The number of primary sulfonamides is 1. The zero-order chi connectivity index (χ0) is 21.4. The Hall–Kier alpha value is -2.71. The van der Waals surface area contributed by atoms with Gasteiger partial charge >= 0.3 is 5.97 Å². The van der Waals surface area contributed by atoms with Crippen molar-refractivity contribution in [1.82, 2.24) is 5.32 Å². The molecule has 0 aliphatic carbocycles. The summed E-state index contributed by atoms with van der Waals surface area (Å²) < 4.78 is 27.5. The van der Waals surface area contributed by atoms with Crippen LogP contribution in [-0.4, -0.2) is 26.9 Å². The molecule has 1 unspecified atom stereocenters. The Morgan fingerprint density at radius 2 is 1.62 bits per heavy atom. The first-order valence-electron chi connectivity index (χ1n) is 9.34. The first kappa shape index (κ1) is 22.6. The molecule has 1 atom stereocenters. The summed E-state index contributed by atoms with van der Waals surface area (Å²) in [5.41, 5.74) is 2.97. The quantitative estimate of drug-likeness (QED) is 0.606. The first-order chi connectivity index (χ1) is 13.7. The van der Waals surface area contributed by atoms with Crippen molar-refractivity contribution in [3.05, 3.63) is 65.2 Å². The average molecular weight is 419 g/mol. The van der Waals surface area contributed by atoms with Crippen LogP contribution in [0.4, 0.5) is 0 Å². The standard InChI is InChI=1S/C21H26N2O5S/c1-3-16-4-9-18(10-5-16)15(2)23-20(24)14-28-21(25)13-8-17-6-11-19(12-7-17)29(22,26)27/h4-7,9-12,15H,3,8,13-14H2,1-2H3,(H,23,24)(H2,22,26,27). The molecular formula is C21H26N2O5S. The number of carbonyl (C=O) groups excluding carboxylic acids is 2. The summed E-state index contributed by atoms with van der Waals surface area (Å²) in [6.07, 6.45) is 1.40. The van der Waals surface area contributed by atoms with Crippen molar-refractivity contribution in [3.8, 4) is 0 Å². The Bertz CT molecular complexity index is 938. The van der Waals surface area contributed by atoms with Gasteiger partial charge in [-0.05, 0) is 48.6 Å². The number of carbonyl (C=O) groups is 2. The van der Waals surface area contributed by atoms with E-state index in [4.69, 9.17) is 9.88 Å². The molecule has 0 fully saturated rings. The van der Waals surface area contributed by atoms with Gasteiger partial charge in [0.25, 0.3) is 5.91 Å². The van der Waals surface area contributed by atoms with E-state index >= 15 is 0 Å². The summed E-state index contributed by atoms with van der Waals surface area (Å²) in [5, 5.41) is 7.84. The predicted molar refractivity (Wildman–Crippen MR) is 109 cm³/mol. The SMILES string of the molecule is CCc1ccc(C(C)NC(=O)COC(=O)CCc2ccc(S(N)(=O)=O)cc2)cc1. The fourth-order valence-electron chi connectivity index (χ4n) is 2.72. The second-order valence-corrected chi connectivity index (χ2v) is 8.30. The van der Waals surface area contributed by atoms with E-state index in [2.05, 4.69) is 12.2 Å². The van der Waals surface area contributed by atoms with Gasteiger partial charge in [0.2, 0.25) is 10.0 Å². The Morgan fingerprint density at radius 1 is 1.03 bits per heavy atom. The summed E-state index contributed by atoms with van der Waals surface area (Å²) in [5.74, 6) is -0.876. The van der Waals surface area contributed by atoms with Crippen LogP contribution in [0, 0.1) is 0 Å². The smallest absolute Gasteiger partial charge is 0.306 e. The lowest BCUT2D eigenvalue weighted by molar-refractivity contribution is -0.148. The number of amides is 1. The minimum Gasteiger partial charge on any atom is -0.456 e. The Kier molecular flexibility index (Phi) is 7.92. The van der Waals surface area contributed by atoms with Crippen molar-refractivity contribution in [2.45, 2.75) is 44.0 Å². The summed E-state index contributed by atoms with van der Waals surface area (Å²) in [7, 11) is -3.74. The van der Waals surface area contributed by atoms with Crippen molar-refractivity contribution in [2.75, 3.05) is 6.61 Å². The highest BCUT2D eigenvalue weighted by molar-refractivity contribution is 7.89. The zero-order valence-electron chi connectivity index (χ0n) is 16.6. The molecule has 0 bridgehead atoms. The molecular weight excluding hydrogens is 392 g/mol. The lowest BCUT2D eigenvalue weighted by atomic mass is 10.1. The van der Waals surface area contributed by atoms with Crippen LogP contribution in [0.3, 0.4) is 0 Å². The van der Waals surface area contributed by atoms with Crippen LogP contribution in [0.1, 0.15) is 43.0 Å². The number of nitrogens with two attached hydrogens (primary N) is 1. The van der Waals surface area contributed by atoms with E-state index in [1.54, 1.807) is 12.1 Å². The molecule has 0 aliphatic heterocycles. The van der Waals surface area contributed by atoms with E-state index in [1.807, 2.05) is 31.2 Å². The molecule has 2 aromatic rings. The number of rotatable bonds is 9. The number of hydrogen-bond donors (Lipinski definition) is 2. The van der Waals surface area contributed by atoms with E-state index in [-0.39, 0.29) is 29.9 Å². The van der Waals surface area contributed by atoms with Gasteiger partial charge in [-0.3, -0.25) is 9.59 Å². The summed E-state index contributed by atoms with van der Waals surface area (Å²) in [4.78, 5) is 23.9. The molecule has 0 aliphatic rings. The zero-order valence-corrected chi connectivity index (χ0v) is 17.4. The van der Waals surface area contributed by atoms with Crippen molar-refractivity contribution < 1.29 is 22.7 Å². The average Bonchev–Trinajstić information content (AvgIpc) is 2.70. The van der Waals surface area contributed by atoms with Crippen molar-refractivity contribution in [1.29, 1.82) is 0 Å². The number of ether oxygens (including phenoxy) is 1. The van der Waals surface area contributed by atoms with Crippen molar-refractivity contribution >= 4 is 21.9 Å². The molecule has 156 valence electrons. The molecule has 0 saturated carbocycles. The lowest BCUT2D eigenvalue weighted by Crippen LogP contribution is -2.31. The van der Waals surface area contributed by atoms with E-state index in [0.29, 0.717) is 6.42 Å². The second kappa shape index (κ2) is 10.2. The number of sulfonamides is 1. The minimum absolute atomic E-state index is 0.0129. The molecule has 0 saturated heterocycles. The molecule has 8 heteroatoms. The highest BCUT2D eigenvalue weighted by Crippen LogP contribution is 2.14. The molecule has 7 nitrogen and oxygen atoms in total. The molecule has 0 aromatic heterocycles. The van der Waals surface area contributed by atoms with E-state index in [9.17, 15) is 18.0 Å². The topological polar surface area (TPSA) is 116 Å². The molecule has 3 N–H and O–H groups in total. The number of esters is 1. The van der Waals surface area contributed by atoms with Crippen LogP contribution in [-0.2, 0) is 37.2 Å². The monoisotopic (exact) mass is 418 g/mol. The predicted octanol–water partition coefficient (Wildman–Crippen LogP) is 2.25. The van der Waals surface area contributed by atoms with Crippen molar-refractivity contribution in [3.63, 3.8) is 0 Å². The fourth-order valence-corrected chi connectivity index (χ4v) is 3.23. The molecule has 29 heavy (non-hydrogen) atoms. The second-order valence-electron chi connectivity index (χ2n) is 6.73. The van der Waals surface area contributed by atoms with Crippen LogP contribution < -0.4 is 10.5 Å². The maximum absolute atomic E-state index is 12.0. The van der Waals surface area contributed by atoms with Gasteiger partial charge < -0.3 is 10.1 Å². The molecule has 2 aromatic carbocycles. The first-order valence-corrected chi connectivity index (χ1v) is 10.9. The van der Waals surface area contributed by atoms with Crippen molar-refractivity contribution in [2.24, 2.45) is 5.14 Å². The van der Waals surface area contributed by atoms with Crippen LogP contribution in [0.25, 0.3) is 0 Å². The van der Waals surface area contributed by atoms with E-state index in [1.165, 1.54) is 17.7 Å². The summed E-state index contributed by atoms with van der Waals surface area (Å²) >= 11 is 0. The number of benzene rings is 2. The number of nitrogens with one attached hydrogen (secondary N) is 1. The lowest BCUT2D eigenvalue weighted by Gasteiger charge is -2.15. The molecule has 1 amide bonds. The van der Waals surface area contributed by atoms with Gasteiger partial charge in [-0.15, -0.1) is 0 Å². The Morgan fingerprint density at radius 3 is 2.17 bits per heavy atom. The highest BCUT2D eigenvalue weighted by Gasteiger charge is 2.13. The van der Waals surface area contributed by atoms with Gasteiger partial charge in [0, 0.05) is 6.42 Å². The normalized spacial score (nSPS) is 12.2. The van der Waals surface area contributed by atoms with Gasteiger partial charge in [0.1, 0.15) is 0 Å². The Balaban J connectivity index is 1.74. The molecule has 2 rings (SSSR count). The van der Waals surface area contributed by atoms with Crippen LogP contribution in [0.15, 0.2) is 53.4 Å². The number of aryl methyl sites for hydroxylation is 2. The molecule has 0 spiro atoms. The van der Waals surface area contributed by atoms with Gasteiger partial charge in [-0.2, -0.15) is 0 Å². The van der Waals surface area contributed by atoms with Gasteiger partial charge in [-0.1, -0.05) is 43.3 Å². The third-order valence-electron chi connectivity index (χ3n) is 4.50. The molecule has 0 radical (unpaired) electrons. The summed E-state index contributed by atoms with van der Waals surface area (Å²) in [6, 6.07) is 13.7. The van der Waals surface area contributed by atoms with Crippen LogP contribution in [0.5, 0.6) is 0 Å². The number of hydrogen-bond acceptors (Lipinski definition) is 5. The largest absolute Gasteiger partial charge is 0.456 e. The third-order valence-corrected chi connectivity index (χ3v) is 5.43. The van der Waals surface area contributed by atoms with Crippen LogP contribution in [0.2, 0.25) is 0 Å². The highest BCUT2D eigenvalue weighted by atomic mass is 32.2. The van der Waals surface area contributed by atoms with Gasteiger partial charge in [0.05, 0.1) is 10.9 Å². The van der Waals surface area contributed by atoms with Gasteiger partial charge in [-0.25, -0.2) is 13.6 Å². The fraction of sp³-hybridized carbons (Fsp3) is 0.333. The Labute approximate surface area is 171 Å². The van der Waals surface area contributed by atoms with E-state index < -0.39 is 16.0 Å². The third kappa shape index (κ3) is 7.32. The summed E-state index contributed by atoms with van der Waals surface area (Å²) in [6.45, 7) is 3.60. The van der Waals surface area contributed by atoms with Gasteiger partial charge in [0.15, 0.2) is 6.61 Å². The van der Waals surface area contributed by atoms with Crippen LogP contribution >= 0.6 is 0 Å². The maximum atomic E-state index is 12.0. The van der Waals surface area contributed by atoms with E-state index in [0.717, 1.165) is 17.5 Å².